The highest BCUT2D eigenvalue weighted by atomic mass is 32.2. The molecule has 216 valence electrons. The molecule has 0 N–H and O–H groups in total. The molecule has 7 nitrogen and oxygen atoms in total. The van der Waals surface area contributed by atoms with Crippen molar-refractivity contribution in [2.24, 2.45) is 0 Å². The number of hydrogen-bond acceptors (Lipinski definition) is 5. The van der Waals surface area contributed by atoms with Crippen molar-refractivity contribution < 1.29 is 21.6 Å². The zero-order chi connectivity index (χ0) is 29.6. The van der Waals surface area contributed by atoms with E-state index >= 15 is 0 Å². The summed E-state index contributed by atoms with van der Waals surface area (Å²) in [5, 5.41) is 0. The Morgan fingerprint density at radius 3 is 1.36 bits per heavy atom. The highest BCUT2D eigenvalue weighted by molar-refractivity contribution is 7.93. The Hall–Kier alpha value is -3.95. The van der Waals surface area contributed by atoms with Crippen molar-refractivity contribution in [1.29, 1.82) is 0 Å². The zero-order valence-electron chi connectivity index (χ0n) is 23.5. The van der Waals surface area contributed by atoms with Crippen LogP contribution < -0.4 is 8.61 Å². The molecule has 0 fully saturated rings. The molecule has 0 aromatic heterocycles. The first kappa shape index (κ1) is 28.2. The molecule has 2 aliphatic heterocycles. The summed E-state index contributed by atoms with van der Waals surface area (Å²) in [6.07, 6.45) is 1.16. The summed E-state index contributed by atoms with van der Waals surface area (Å²) in [7, 11) is -7.32. The molecule has 9 heteroatoms. The van der Waals surface area contributed by atoms with Crippen LogP contribution in [0.1, 0.15) is 47.9 Å². The van der Waals surface area contributed by atoms with Crippen LogP contribution in [-0.4, -0.2) is 35.7 Å². The fourth-order valence-electron chi connectivity index (χ4n) is 5.96. The zero-order valence-corrected chi connectivity index (χ0v) is 25.1. The average Bonchev–Trinajstić information content (AvgIpc) is 3.65. The van der Waals surface area contributed by atoms with E-state index in [-0.39, 0.29) is 15.6 Å². The van der Waals surface area contributed by atoms with E-state index in [0.29, 0.717) is 37.3 Å². The van der Waals surface area contributed by atoms with Crippen LogP contribution in [-0.2, 0) is 37.7 Å². The summed E-state index contributed by atoms with van der Waals surface area (Å²) < 4.78 is 55.8. The van der Waals surface area contributed by atoms with Crippen molar-refractivity contribution >= 4 is 37.2 Å². The Kier molecular flexibility index (Phi) is 7.19. The van der Waals surface area contributed by atoms with Gasteiger partial charge in [-0.05, 0) is 71.5 Å². The third-order valence-corrected chi connectivity index (χ3v) is 12.1. The van der Waals surface area contributed by atoms with Crippen LogP contribution in [0.15, 0.2) is 107 Å². The SMILES string of the molecule is CC(C(=O)C(C)c1ccc2c(c1)CCN2S(=O)(=O)c1ccccc1)c1ccc2c(c1)CCN2S(=O)(=O)c1ccccc1. The second-order valence-corrected chi connectivity index (χ2v) is 14.6. The maximum Gasteiger partial charge on any atom is 0.264 e. The summed E-state index contributed by atoms with van der Waals surface area (Å²) in [5.41, 5.74) is 4.85. The smallest absolute Gasteiger partial charge is 0.264 e. The molecular weight excluding hydrogens is 569 g/mol. The number of ketones is 1. The van der Waals surface area contributed by atoms with Crippen molar-refractivity contribution in [3.05, 3.63) is 119 Å². The van der Waals surface area contributed by atoms with Crippen LogP contribution in [0.2, 0.25) is 0 Å². The van der Waals surface area contributed by atoms with Crippen molar-refractivity contribution in [3.8, 4) is 0 Å². The van der Waals surface area contributed by atoms with Crippen molar-refractivity contribution in [1.82, 2.24) is 0 Å². The molecule has 2 heterocycles. The number of hydrogen-bond donors (Lipinski definition) is 0. The highest BCUT2D eigenvalue weighted by Gasteiger charge is 2.34. The van der Waals surface area contributed by atoms with Crippen LogP contribution in [0.25, 0.3) is 0 Å². The lowest BCUT2D eigenvalue weighted by Crippen LogP contribution is -2.29. The molecule has 0 saturated carbocycles. The molecule has 42 heavy (non-hydrogen) atoms. The number of rotatable bonds is 8. The summed E-state index contributed by atoms with van der Waals surface area (Å²) in [4.78, 5) is 14.2. The number of carbonyl (C=O) groups is 1. The minimum absolute atomic E-state index is 0.0495. The summed E-state index contributed by atoms with van der Waals surface area (Å²) in [6.45, 7) is 4.49. The molecular formula is C33H32N2O5S2. The van der Waals surface area contributed by atoms with Gasteiger partial charge in [0.2, 0.25) is 0 Å². The topological polar surface area (TPSA) is 91.8 Å². The molecule has 6 rings (SSSR count). The third-order valence-electron chi connectivity index (χ3n) is 8.43. The lowest BCUT2D eigenvalue weighted by Gasteiger charge is -2.22. The lowest BCUT2D eigenvalue weighted by atomic mass is 9.84. The van der Waals surface area contributed by atoms with E-state index in [1.807, 2.05) is 50.2 Å². The van der Waals surface area contributed by atoms with Crippen molar-refractivity contribution in [2.45, 2.75) is 48.3 Å². The maximum atomic E-state index is 13.6. The van der Waals surface area contributed by atoms with Gasteiger partial charge in [0, 0.05) is 24.9 Å². The van der Waals surface area contributed by atoms with E-state index in [0.717, 1.165) is 22.3 Å². The van der Waals surface area contributed by atoms with Crippen molar-refractivity contribution in [3.63, 3.8) is 0 Å². The number of benzene rings is 4. The van der Waals surface area contributed by atoms with Gasteiger partial charge in [0.1, 0.15) is 5.78 Å². The first-order chi connectivity index (χ1) is 20.1. The van der Waals surface area contributed by atoms with E-state index in [9.17, 15) is 21.6 Å². The van der Waals surface area contributed by atoms with Gasteiger partial charge in [-0.1, -0.05) is 74.5 Å². The first-order valence-electron chi connectivity index (χ1n) is 14.0. The Labute approximate surface area is 247 Å². The molecule has 0 saturated heterocycles. The standard InChI is InChI=1S/C33H32N2O5S2/c1-23(25-13-15-31-27(21-25)17-19-34(31)41(37,38)29-9-5-3-6-10-29)33(36)24(2)26-14-16-32-28(22-26)18-20-35(32)42(39,40)30-11-7-4-8-12-30/h3-16,21-24H,17-20H2,1-2H3. The predicted octanol–water partition coefficient (Wildman–Crippen LogP) is 5.67. The monoisotopic (exact) mass is 600 g/mol. The minimum atomic E-state index is -3.66. The molecule has 0 amide bonds. The highest BCUT2D eigenvalue weighted by Crippen LogP contribution is 2.38. The summed E-state index contributed by atoms with van der Waals surface area (Å²) >= 11 is 0. The normalized spacial score (nSPS) is 16.1. The lowest BCUT2D eigenvalue weighted by molar-refractivity contribution is -0.121. The summed E-state index contributed by atoms with van der Waals surface area (Å²) in [6, 6.07) is 28.1. The van der Waals surface area contributed by atoms with Crippen LogP contribution >= 0.6 is 0 Å². The fraction of sp³-hybridized carbons (Fsp3) is 0.242. The van der Waals surface area contributed by atoms with Crippen LogP contribution in [0, 0.1) is 0 Å². The number of nitrogens with zero attached hydrogens (tertiary/aromatic N) is 2. The second kappa shape index (κ2) is 10.7. The van der Waals surface area contributed by atoms with Gasteiger partial charge in [0.25, 0.3) is 20.0 Å². The molecule has 2 atom stereocenters. The average molecular weight is 601 g/mol. The molecule has 2 aliphatic rings. The number of anilines is 2. The Morgan fingerprint density at radius 2 is 0.976 bits per heavy atom. The Bertz CT molecular complexity index is 1740. The predicted molar refractivity (Wildman–Crippen MR) is 164 cm³/mol. The molecule has 4 aromatic carbocycles. The number of sulfonamides is 2. The Morgan fingerprint density at radius 1 is 0.595 bits per heavy atom. The van der Waals surface area contributed by atoms with Gasteiger partial charge in [-0.25, -0.2) is 16.8 Å². The van der Waals surface area contributed by atoms with Crippen LogP contribution in [0.3, 0.4) is 0 Å². The van der Waals surface area contributed by atoms with Gasteiger partial charge in [-0.2, -0.15) is 0 Å². The van der Waals surface area contributed by atoms with Gasteiger partial charge >= 0.3 is 0 Å². The van der Waals surface area contributed by atoms with Crippen LogP contribution in [0.4, 0.5) is 11.4 Å². The molecule has 4 aromatic rings. The van der Waals surface area contributed by atoms with Gasteiger partial charge in [0.15, 0.2) is 0 Å². The number of Topliss-reactive ketones (excluding diaryl/α,β-unsaturated/α-hetero) is 1. The maximum absolute atomic E-state index is 13.6. The van der Waals surface area contributed by atoms with E-state index in [1.54, 1.807) is 60.7 Å². The van der Waals surface area contributed by atoms with E-state index in [1.165, 1.54) is 8.61 Å². The minimum Gasteiger partial charge on any atom is -0.298 e. The largest absolute Gasteiger partial charge is 0.298 e. The molecule has 0 radical (unpaired) electrons. The van der Waals surface area contributed by atoms with E-state index in [2.05, 4.69) is 0 Å². The quantitative estimate of drug-likeness (QED) is 0.260. The number of fused-ring (bicyclic) bond motifs is 2. The van der Waals surface area contributed by atoms with Gasteiger partial charge in [0.05, 0.1) is 21.2 Å². The van der Waals surface area contributed by atoms with E-state index < -0.39 is 31.9 Å². The molecule has 0 aliphatic carbocycles. The molecule has 2 unspecified atom stereocenters. The molecule has 0 bridgehead atoms. The second-order valence-electron chi connectivity index (χ2n) is 10.9. The fourth-order valence-corrected chi connectivity index (χ4v) is 9.01. The third kappa shape index (κ3) is 4.80. The van der Waals surface area contributed by atoms with Gasteiger partial charge in [-0.15, -0.1) is 0 Å². The first-order valence-corrected chi connectivity index (χ1v) is 16.9. The van der Waals surface area contributed by atoms with Crippen molar-refractivity contribution in [2.75, 3.05) is 21.7 Å². The Balaban J connectivity index is 1.20. The van der Waals surface area contributed by atoms with Crippen LogP contribution in [0.5, 0.6) is 0 Å². The number of carbonyl (C=O) groups excluding carboxylic acids is 1. The van der Waals surface area contributed by atoms with Gasteiger partial charge in [-0.3, -0.25) is 13.4 Å². The molecule has 0 spiro atoms. The van der Waals surface area contributed by atoms with Gasteiger partial charge < -0.3 is 0 Å². The van der Waals surface area contributed by atoms with E-state index in [4.69, 9.17) is 0 Å². The summed E-state index contributed by atoms with van der Waals surface area (Å²) in [5.74, 6) is -0.741.